The predicted octanol–water partition coefficient (Wildman–Crippen LogP) is 1.45. The molecule has 10 heavy (non-hydrogen) atoms. The number of nitrogens with one attached hydrogen (secondary N) is 1. The number of hydrogen-bond donors (Lipinski definition) is 1. The first-order valence-corrected chi connectivity index (χ1v) is 3.37. The number of halogens is 1. The maximum absolute atomic E-state index is 10.3. The van der Waals surface area contributed by atoms with E-state index in [1.54, 1.807) is 0 Å². The first-order valence-electron chi connectivity index (χ1n) is 3.00. The minimum Gasteiger partial charge on any atom is -0.297 e. The van der Waals surface area contributed by atoms with Crippen LogP contribution in [0.4, 0.5) is 0 Å². The van der Waals surface area contributed by atoms with E-state index in [-0.39, 0.29) is 10.8 Å². The Hall–Kier alpha value is -0.830. The summed E-state index contributed by atoms with van der Waals surface area (Å²) in [5.74, 6) is 0. The van der Waals surface area contributed by atoms with Crippen LogP contribution in [0.5, 0.6) is 0 Å². The molecule has 0 unspecified atom stereocenters. The van der Waals surface area contributed by atoms with Gasteiger partial charge in [0.25, 0.3) is 5.56 Å². The van der Waals surface area contributed by atoms with E-state index in [9.17, 15) is 4.79 Å². The molecule has 0 spiro atoms. The molecule has 4 heteroatoms. The van der Waals surface area contributed by atoms with Crippen molar-refractivity contribution in [1.82, 2.24) is 9.97 Å². The number of H-pyrrole nitrogens is 1. The molecule has 0 amide bonds. The maximum Gasteiger partial charge on any atom is 0.251 e. The topological polar surface area (TPSA) is 45.8 Å². The zero-order chi connectivity index (χ0) is 7.98. The lowest BCUT2D eigenvalue weighted by Gasteiger charge is -1.81. The monoisotopic (exact) mass is 160 g/mol. The van der Waals surface area contributed by atoms with E-state index in [4.69, 9.17) is 11.6 Å². The highest BCUT2D eigenvalue weighted by Crippen LogP contribution is 1.89. The van der Waals surface area contributed by atoms with Gasteiger partial charge in [-0.3, -0.25) is 9.78 Å². The summed E-state index contributed by atoms with van der Waals surface area (Å²) in [7, 11) is 0. The van der Waals surface area contributed by atoms with Gasteiger partial charge >= 0.3 is 0 Å². The molecule has 0 saturated heterocycles. The van der Waals surface area contributed by atoms with Crippen LogP contribution in [-0.4, -0.2) is 9.97 Å². The highest BCUT2D eigenvalue weighted by Gasteiger charge is 1.83. The standard InChI is InChI=1S/C4H3ClN2O.C2H6/c5-4-6-2-1-3(8)7-4;1-2/h1-2H,(H,6,7,8);1-2H3. The minimum absolute atomic E-state index is 0.123. The zero-order valence-corrected chi connectivity index (χ0v) is 6.64. The lowest BCUT2D eigenvalue weighted by molar-refractivity contribution is 1.12. The summed E-state index contributed by atoms with van der Waals surface area (Å²) in [4.78, 5) is 16.1. The third-order valence-electron chi connectivity index (χ3n) is 0.640. The van der Waals surface area contributed by atoms with Crippen molar-refractivity contribution in [3.63, 3.8) is 0 Å². The molecule has 1 aromatic rings. The Morgan fingerprint density at radius 3 is 2.50 bits per heavy atom. The van der Waals surface area contributed by atoms with Gasteiger partial charge in [0.15, 0.2) is 0 Å². The van der Waals surface area contributed by atoms with E-state index in [1.807, 2.05) is 13.8 Å². The van der Waals surface area contributed by atoms with Gasteiger partial charge in [0.1, 0.15) is 0 Å². The summed E-state index contributed by atoms with van der Waals surface area (Å²) < 4.78 is 0. The first-order chi connectivity index (χ1) is 4.79. The molecule has 1 N–H and O–H groups in total. The van der Waals surface area contributed by atoms with Crippen molar-refractivity contribution in [2.45, 2.75) is 13.8 Å². The molecular formula is C6H9ClN2O. The lowest BCUT2D eigenvalue weighted by Crippen LogP contribution is -2.02. The number of hydrogen-bond acceptors (Lipinski definition) is 2. The van der Waals surface area contributed by atoms with Crippen molar-refractivity contribution in [2.75, 3.05) is 0 Å². The summed E-state index contributed by atoms with van der Waals surface area (Å²) in [5, 5.41) is 0.123. The van der Waals surface area contributed by atoms with Crippen LogP contribution in [0, 0.1) is 0 Å². The first kappa shape index (κ1) is 9.17. The number of nitrogens with zero attached hydrogens (tertiary/aromatic N) is 1. The van der Waals surface area contributed by atoms with Crippen LogP contribution in [0.2, 0.25) is 5.28 Å². The van der Waals surface area contributed by atoms with E-state index in [2.05, 4.69) is 9.97 Å². The van der Waals surface area contributed by atoms with Crippen LogP contribution >= 0.6 is 11.6 Å². The number of aromatic amines is 1. The lowest BCUT2D eigenvalue weighted by atomic mass is 10.7. The average Bonchev–Trinajstić information content (AvgIpc) is 1.91. The van der Waals surface area contributed by atoms with E-state index < -0.39 is 0 Å². The SMILES string of the molecule is CC.O=c1ccnc(Cl)[nH]1. The van der Waals surface area contributed by atoms with Crippen LogP contribution in [-0.2, 0) is 0 Å². The van der Waals surface area contributed by atoms with Crippen molar-refractivity contribution >= 4 is 11.6 Å². The van der Waals surface area contributed by atoms with Crippen molar-refractivity contribution in [3.8, 4) is 0 Å². The van der Waals surface area contributed by atoms with Crippen LogP contribution in [0.3, 0.4) is 0 Å². The van der Waals surface area contributed by atoms with Gasteiger partial charge in [-0.25, -0.2) is 4.98 Å². The Morgan fingerprint density at radius 2 is 2.20 bits per heavy atom. The molecule has 3 nitrogen and oxygen atoms in total. The molecule has 0 aliphatic rings. The Balaban J connectivity index is 0.000000371. The Labute approximate surface area is 64.1 Å². The molecule has 56 valence electrons. The Kier molecular flexibility index (Phi) is 4.58. The largest absolute Gasteiger partial charge is 0.297 e. The van der Waals surface area contributed by atoms with Crippen LogP contribution in [0.1, 0.15) is 13.8 Å². The normalized spacial score (nSPS) is 7.90. The van der Waals surface area contributed by atoms with E-state index in [1.165, 1.54) is 12.3 Å². The second kappa shape index (κ2) is 4.99. The van der Waals surface area contributed by atoms with E-state index >= 15 is 0 Å². The summed E-state index contributed by atoms with van der Waals surface area (Å²) >= 11 is 5.28. The molecule has 1 aromatic heterocycles. The Bertz CT molecular complexity index is 233. The average molecular weight is 161 g/mol. The van der Waals surface area contributed by atoms with Gasteiger partial charge in [0.05, 0.1) is 0 Å². The fourth-order valence-electron chi connectivity index (χ4n) is 0.346. The predicted molar refractivity (Wildman–Crippen MR) is 41.2 cm³/mol. The number of aromatic nitrogens is 2. The summed E-state index contributed by atoms with van der Waals surface area (Å²) in [6.45, 7) is 4.00. The molecule has 0 aliphatic carbocycles. The fourth-order valence-corrected chi connectivity index (χ4v) is 0.495. The van der Waals surface area contributed by atoms with Gasteiger partial charge < -0.3 is 0 Å². The maximum atomic E-state index is 10.3. The molecule has 1 rings (SSSR count). The fraction of sp³-hybridized carbons (Fsp3) is 0.333. The summed E-state index contributed by atoms with van der Waals surface area (Å²) in [6, 6.07) is 1.30. The van der Waals surface area contributed by atoms with Crippen molar-refractivity contribution < 1.29 is 0 Å². The molecule has 0 bridgehead atoms. The molecule has 0 radical (unpaired) electrons. The highest BCUT2D eigenvalue weighted by molar-refractivity contribution is 6.28. The molecular weight excluding hydrogens is 152 g/mol. The zero-order valence-electron chi connectivity index (χ0n) is 5.89. The van der Waals surface area contributed by atoms with Gasteiger partial charge in [-0.1, -0.05) is 13.8 Å². The highest BCUT2D eigenvalue weighted by atomic mass is 35.5. The van der Waals surface area contributed by atoms with Gasteiger partial charge in [-0.2, -0.15) is 0 Å². The van der Waals surface area contributed by atoms with Crippen molar-refractivity contribution in [2.24, 2.45) is 0 Å². The third-order valence-corrected chi connectivity index (χ3v) is 0.832. The molecule has 0 saturated carbocycles. The van der Waals surface area contributed by atoms with Crippen LogP contribution in [0.15, 0.2) is 17.1 Å². The summed E-state index contributed by atoms with van der Waals surface area (Å²) in [6.07, 6.45) is 1.35. The van der Waals surface area contributed by atoms with Crippen LogP contribution in [0.25, 0.3) is 0 Å². The van der Waals surface area contributed by atoms with Crippen molar-refractivity contribution in [1.29, 1.82) is 0 Å². The van der Waals surface area contributed by atoms with Gasteiger partial charge in [-0.15, -0.1) is 0 Å². The quantitative estimate of drug-likeness (QED) is 0.584. The molecule has 0 fully saturated rings. The third kappa shape index (κ3) is 3.25. The number of rotatable bonds is 0. The molecule has 0 atom stereocenters. The second-order valence-electron chi connectivity index (χ2n) is 1.22. The molecule has 0 aliphatic heterocycles. The Morgan fingerprint density at radius 1 is 1.60 bits per heavy atom. The van der Waals surface area contributed by atoms with E-state index in [0.29, 0.717) is 0 Å². The minimum atomic E-state index is -0.231. The van der Waals surface area contributed by atoms with Gasteiger partial charge in [0, 0.05) is 12.3 Å². The summed E-state index contributed by atoms with van der Waals surface area (Å²) in [5.41, 5.74) is -0.231. The molecule has 1 heterocycles. The second-order valence-corrected chi connectivity index (χ2v) is 1.58. The smallest absolute Gasteiger partial charge is 0.251 e. The van der Waals surface area contributed by atoms with Crippen LogP contribution < -0.4 is 5.56 Å². The van der Waals surface area contributed by atoms with Gasteiger partial charge in [-0.05, 0) is 11.6 Å². The van der Waals surface area contributed by atoms with E-state index in [0.717, 1.165) is 0 Å². The van der Waals surface area contributed by atoms with Gasteiger partial charge in [0.2, 0.25) is 5.28 Å². The van der Waals surface area contributed by atoms with Crippen molar-refractivity contribution in [3.05, 3.63) is 27.9 Å². The molecule has 0 aromatic carbocycles.